The average Bonchev–Trinajstić information content (AvgIpc) is 3.31. The Morgan fingerprint density at radius 1 is 0.907 bits per heavy atom. The Kier molecular flexibility index (Phi) is 10.1. The van der Waals surface area contributed by atoms with Crippen molar-refractivity contribution in [1.29, 1.82) is 0 Å². The van der Waals surface area contributed by atoms with Crippen LogP contribution in [0.25, 0.3) is 6.08 Å². The molecule has 4 aromatic carbocycles. The summed E-state index contributed by atoms with van der Waals surface area (Å²) in [6.07, 6.45) is 4.16. The number of aliphatic imine (C=N–C) groups is 1. The maximum atomic E-state index is 14.3. The second kappa shape index (κ2) is 14.5. The summed E-state index contributed by atoms with van der Waals surface area (Å²) in [5.74, 6) is 0.630. The molecular formula is C36H33FN2O3S. The Hall–Kier alpha value is -4.62. The lowest BCUT2D eigenvalue weighted by Gasteiger charge is -2.17. The van der Waals surface area contributed by atoms with Gasteiger partial charge in [0.15, 0.2) is 16.7 Å². The fourth-order valence-corrected chi connectivity index (χ4v) is 5.67. The van der Waals surface area contributed by atoms with Gasteiger partial charge in [0, 0.05) is 11.1 Å². The second-order valence-electron chi connectivity index (χ2n) is 9.89. The van der Waals surface area contributed by atoms with Gasteiger partial charge in [-0.2, -0.15) is 0 Å². The molecule has 7 heteroatoms. The first kappa shape index (κ1) is 29.9. The number of halogens is 1. The molecule has 0 radical (unpaired) electrons. The topological polar surface area (TPSA) is 51.1 Å². The normalized spacial score (nSPS) is 14.8. The largest absolute Gasteiger partial charge is 0.490 e. The Labute approximate surface area is 256 Å². The van der Waals surface area contributed by atoms with E-state index < -0.39 is 0 Å². The van der Waals surface area contributed by atoms with Crippen LogP contribution in [0.5, 0.6) is 11.5 Å². The van der Waals surface area contributed by atoms with Gasteiger partial charge in [-0.15, -0.1) is 6.58 Å². The number of benzene rings is 4. The lowest BCUT2D eigenvalue weighted by molar-refractivity contribution is -0.122. The molecule has 43 heavy (non-hydrogen) atoms. The number of ether oxygens (including phenoxy) is 2. The number of amides is 1. The fraction of sp³-hybridized carbons (Fsp3) is 0.167. The molecule has 0 saturated carbocycles. The van der Waals surface area contributed by atoms with E-state index in [1.165, 1.54) is 17.8 Å². The molecule has 0 bridgehead atoms. The summed E-state index contributed by atoms with van der Waals surface area (Å²) in [6.45, 7) is 7.17. The van der Waals surface area contributed by atoms with Crippen LogP contribution in [-0.2, 0) is 30.9 Å². The van der Waals surface area contributed by atoms with Crippen molar-refractivity contribution in [3.63, 3.8) is 0 Å². The highest BCUT2D eigenvalue weighted by Crippen LogP contribution is 2.38. The number of hydrogen-bond acceptors (Lipinski definition) is 5. The molecule has 0 aliphatic carbocycles. The molecule has 5 nitrogen and oxygen atoms in total. The number of carbonyl (C=O) groups is 1. The number of amidine groups is 1. The van der Waals surface area contributed by atoms with Crippen LogP contribution in [0.15, 0.2) is 120 Å². The van der Waals surface area contributed by atoms with Gasteiger partial charge in [0.2, 0.25) is 0 Å². The molecule has 0 unspecified atom stereocenters. The molecule has 1 amide bonds. The van der Waals surface area contributed by atoms with Crippen molar-refractivity contribution in [3.8, 4) is 11.5 Å². The summed E-state index contributed by atoms with van der Waals surface area (Å²) in [5, 5.41) is 0.658. The smallest absolute Gasteiger partial charge is 0.267 e. The van der Waals surface area contributed by atoms with Crippen LogP contribution in [0.3, 0.4) is 0 Å². The Balaban J connectivity index is 1.47. The molecular weight excluding hydrogens is 559 g/mol. The van der Waals surface area contributed by atoms with Gasteiger partial charge in [-0.05, 0) is 66.1 Å². The molecule has 5 rings (SSSR count). The molecule has 1 fully saturated rings. The van der Waals surface area contributed by atoms with Gasteiger partial charge in [0.25, 0.3) is 5.91 Å². The van der Waals surface area contributed by atoms with E-state index in [4.69, 9.17) is 14.5 Å². The Morgan fingerprint density at radius 3 is 2.30 bits per heavy atom. The van der Waals surface area contributed by atoms with E-state index in [1.54, 1.807) is 29.2 Å². The van der Waals surface area contributed by atoms with Gasteiger partial charge >= 0.3 is 0 Å². The highest BCUT2D eigenvalue weighted by atomic mass is 32.2. The van der Waals surface area contributed by atoms with Crippen molar-refractivity contribution in [3.05, 3.63) is 148 Å². The standard InChI is InChI=1S/C36H33FN2O3S/c1-3-13-29-20-28(21-32(41-4-2)34(29)42-25-30-18-11-12-19-31(30)37)22-33-35(40)39(24-27-16-9-6-10-17-27)36(43-33)38-23-26-14-7-5-8-15-26/h3,5-12,14-22H,1,4,13,23-25H2,2H3/b33-22+,38-36?. The summed E-state index contributed by atoms with van der Waals surface area (Å²) < 4.78 is 26.4. The SMILES string of the molecule is C=CCc1cc(/C=C2/SC(=NCc3ccccc3)N(Cc3ccccc3)C2=O)cc(OCC)c1OCc1ccccc1F. The quantitative estimate of drug-likeness (QED) is 0.123. The van der Waals surface area contributed by atoms with E-state index in [1.807, 2.05) is 85.8 Å². The zero-order valence-corrected chi connectivity index (χ0v) is 24.9. The minimum Gasteiger partial charge on any atom is -0.490 e. The molecule has 0 spiro atoms. The maximum Gasteiger partial charge on any atom is 0.267 e. The van der Waals surface area contributed by atoms with Crippen molar-refractivity contribution >= 4 is 28.9 Å². The zero-order valence-electron chi connectivity index (χ0n) is 24.0. The van der Waals surface area contributed by atoms with Crippen molar-refractivity contribution < 1.29 is 18.7 Å². The van der Waals surface area contributed by atoms with Gasteiger partial charge in [-0.1, -0.05) is 84.9 Å². The first-order chi connectivity index (χ1) is 21.1. The molecule has 0 aromatic heterocycles. The summed E-state index contributed by atoms with van der Waals surface area (Å²) in [5.41, 5.74) is 4.17. The maximum absolute atomic E-state index is 14.3. The zero-order chi connectivity index (χ0) is 30.0. The molecule has 0 atom stereocenters. The van der Waals surface area contributed by atoms with Crippen LogP contribution in [0, 0.1) is 5.82 Å². The van der Waals surface area contributed by atoms with E-state index in [0.717, 1.165) is 22.3 Å². The van der Waals surface area contributed by atoms with E-state index in [9.17, 15) is 9.18 Å². The van der Waals surface area contributed by atoms with Crippen LogP contribution >= 0.6 is 11.8 Å². The number of thioether (sulfide) groups is 1. The van der Waals surface area contributed by atoms with E-state index in [0.29, 0.717) is 53.3 Å². The second-order valence-corrected chi connectivity index (χ2v) is 10.9. The first-order valence-corrected chi connectivity index (χ1v) is 15.0. The monoisotopic (exact) mass is 592 g/mol. The van der Waals surface area contributed by atoms with Gasteiger partial charge in [-0.25, -0.2) is 4.39 Å². The fourth-order valence-electron chi connectivity index (χ4n) is 4.69. The minimum absolute atomic E-state index is 0.0569. The first-order valence-electron chi connectivity index (χ1n) is 14.2. The average molecular weight is 593 g/mol. The number of hydrogen-bond donors (Lipinski definition) is 0. The van der Waals surface area contributed by atoms with Crippen LogP contribution in [0.2, 0.25) is 0 Å². The summed E-state index contributed by atoms with van der Waals surface area (Å²) in [4.78, 5) is 20.9. The number of rotatable bonds is 12. The van der Waals surface area contributed by atoms with Crippen LogP contribution in [0.4, 0.5) is 4.39 Å². The number of allylic oxidation sites excluding steroid dienone is 1. The Bertz CT molecular complexity index is 1640. The van der Waals surface area contributed by atoms with Gasteiger partial charge in [-0.3, -0.25) is 14.7 Å². The van der Waals surface area contributed by atoms with Crippen molar-refractivity contribution in [2.24, 2.45) is 4.99 Å². The molecule has 1 aliphatic rings. The van der Waals surface area contributed by atoms with Crippen molar-refractivity contribution in [2.45, 2.75) is 33.0 Å². The van der Waals surface area contributed by atoms with E-state index >= 15 is 0 Å². The van der Waals surface area contributed by atoms with Crippen molar-refractivity contribution in [2.75, 3.05) is 6.61 Å². The summed E-state index contributed by atoms with van der Waals surface area (Å²) >= 11 is 1.37. The number of nitrogens with zero attached hydrogens (tertiary/aromatic N) is 2. The van der Waals surface area contributed by atoms with Crippen LogP contribution in [-0.4, -0.2) is 22.6 Å². The van der Waals surface area contributed by atoms with Crippen molar-refractivity contribution in [1.82, 2.24) is 4.90 Å². The Morgan fingerprint density at radius 2 is 1.60 bits per heavy atom. The molecule has 1 saturated heterocycles. The van der Waals surface area contributed by atoms with Gasteiger partial charge in [0.1, 0.15) is 12.4 Å². The predicted octanol–water partition coefficient (Wildman–Crippen LogP) is 8.20. The molecule has 0 N–H and O–H groups in total. The van der Waals surface area contributed by atoms with Crippen LogP contribution < -0.4 is 9.47 Å². The lowest BCUT2D eigenvalue weighted by atomic mass is 10.0. The molecule has 218 valence electrons. The van der Waals surface area contributed by atoms with E-state index in [2.05, 4.69) is 6.58 Å². The molecule has 4 aromatic rings. The predicted molar refractivity (Wildman–Crippen MR) is 172 cm³/mol. The summed E-state index contributed by atoms with van der Waals surface area (Å²) in [6, 6.07) is 30.2. The summed E-state index contributed by atoms with van der Waals surface area (Å²) in [7, 11) is 0. The highest BCUT2D eigenvalue weighted by Gasteiger charge is 2.33. The number of carbonyl (C=O) groups excluding carboxylic acids is 1. The molecule has 1 heterocycles. The molecule has 1 aliphatic heterocycles. The third-order valence-electron chi connectivity index (χ3n) is 6.76. The highest BCUT2D eigenvalue weighted by molar-refractivity contribution is 8.18. The third-order valence-corrected chi connectivity index (χ3v) is 7.80. The van der Waals surface area contributed by atoms with Gasteiger partial charge in [0.05, 0.1) is 24.6 Å². The third kappa shape index (κ3) is 7.62. The van der Waals surface area contributed by atoms with Gasteiger partial charge < -0.3 is 9.47 Å². The minimum atomic E-state index is -0.325. The van der Waals surface area contributed by atoms with Crippen LogP contribution in [0.1, 0.15) is 34.7 Å². The lowest BCUT2D eigenvalue weighted by Crippen LogP contribution is -2.28. The van der Waals surface area contributed by atoms with E-state index in [-0.39, 0.29) is 18.3 Å².